The molecule has 2 nitrogen and oxygen atoms in total. The average molecular weight is 288 g/mol. The van der Waals surface area contributed by atoms with Crippen LogP contribution in [0, 0.1) is 5.92 Å². The highest BCUT2D eigenvalue weighted by atomic mass is 15.2. The van der Waals surface area contributed by atoms with Crippen LogP contribution in [0.1, 0.15) is 58.1 Å². The van der Waals surface area contributed by atoms with E-state index >= 15 is 0 Å². The average Bonchev–Trinajstić information content (AvgIpc) is 2.74. The van der Waals surface area contributed by atoms with Crippen molar-refractivity contribution < 1.29 is 0 Å². The highest BCUT2D eigenvalue weighted by Gasteiger charge is 2.23. The molecule has 0 radical (unpaired) electrons. The second-order valence-corrected chi connectivity index (χ2v) is 6.73. The summed E-state index contributed by atoms with van der Waals surface area (Å²) in [5.74, 6) is 0.935. The fourth-order valence-corrected chi connectivity index (χ4v) is 3.39. The number of rotatable bonds is 6. The van der Waals surface area contributed by atoms with Gasteiger partial charge in [0.15, 0.2) is 0 Å². The molecule has 21 heavy (non-hydrogen) atoms. The van der Waals surface area contributed by atoms with E-state index in [0.717, 1.165) is 12.5 Å². The minimum atomic E-state index is 0.518. The van der Waals surface area contributed by atoms with E-state index in [1.807, 2.05) is 0 Å². The van der Waals surface area contributed by atoms with Crippen LogP contribution in [-0.4, -0.2) is 30.6 Å². The van der Waals surface area contributed by atoms with Gasteiger partial charge in [-0.3, -0.25) is 4.90 Å². The van der Waals surface area contributed by atoms with Crippen molar-refractivity contribution in [2.24, 2.45) is 5.92 Å². The number of nitrogens with zero attached hydrogens (tertiary/aromatic N) is 1. The Kier molecular flexibility index (Phi) is 6.72. The first kappa shape index (κ1) is 16.5. The molecule has 0 aliphatic carbocycles. The summed E-state index contributed by atoms with van der Waals surface area (Å²) in [4.78, 5) is 2.71. The lowest BCUT2D eigenvalue weighted by atomic mass is 9.98. The summed E-state index contributed by atoms with van der Waals surface area (Å²) in [5.41, 5.74) is 1.46. The largest absolute Gasteiger partial charge is 0.313 e. The maximum Gasteiger partial charge on any atom is 0.0472 e. The maximum atomic E-state index is 3.65. The standard InChI is InChI=1S/C19H32N2/c1-4-17-9-8-13-21(14-12-17)19(15-20-16(2)3)18-10-6-5-7-11-18/h5-7,10-11,16-17,19-20H,4,8-9,12-15H2,1-3H3. The van der Waals surface area contributed by atoms with Crippen LogP contribution in [0.4, 0.5) is 0 Å². The van der Waals surface area contributed by atoms with E-state index in [0.29, 0.717) is 12.1 Å². The monoisotopic (exact) mass is 288 g/mol. The highest BCUT2D eigenvalue weighted by Crippen LogP contribution is 2.27. The van der Waals surface area contributed by atoms with Crippen molar-refractivity contribution in [1.82, 2.24) is 10.2 Å². The highest BCUT2D eigenvalue weighted by molar-refractivity contribution is 5.19. The zero-order valence-corrected chi connectivity index (χ0v) is 14.0. The molecule has 1 saturated heterocycles. The van der Waals surface area contributed by atoms with E-state index in [-0.39, 0.29) is 0 Å². The van der Waals surface area contributed by atoms with E-state index in [9.17, 15) is 0 Å². The van der Waals surface area contributed by atoms with Crippen molar-refractivity contribution in [3.8, 4) is 0 Å². The molecule has 0 spiro atoms. The molecule has 1 aliphatic heterocycles. The quantitative estimate of drug-likeness (QED) is 0.842. The van der Waals surface area contributed by atoms with Gasteiger partial charge in [0.25, 0.3) is 0 Å². The van der Waals surface area contributed by atoms with Crippen LogP contribution in [0.25, 0.3) is 0 Å². The van der Waals surface area contributed by atoms with E-state index in [2.05, 4.69) is 61.3 Å². The lowest BCUT2D eigenvalue weighted by Crippen LogP contribution is -2.38. The summed E-state index contributed by atoms with van der Waals surface area (Å²) in [5, 5.41) is 3.65. The predicted octanol–water partition coefficient (Wildman–Crippen LogP) is 4.24. The van der Waals surface area contributed by atoms with Crippen LogP contribution in [-0.2, 0) is 0 Å². The van der Waals surface area contributed by atoms with Crippen LogP contribution in [0.5, 0.6) is 0 Å². The van der Waals surface area contributed by atoms with Gasteiger partial charge in [0.1, 0.15) is 0 Å². The zero-order chi connectivity index (χ0) is 15.1. The van der Waals surface area contributed by atoms with Crippen LogP contribution >= 0.6 is 0 Å². The van der Waals surface area contributed by atoms with Crippen LogP contribution in [0.3, 0.4) is 0 Å². The third-order valence-electron chi connectivity index (χ3n) is 4.80. The number of hydrogen-bond donors (Lipinski definition) is 1. The van der Waals surface area contributed by atoms with Gasteiger partial charge in [0.2, 0.25) is 0 Å². The first-order valence-electron chi connectivity index (χ1n) is 8.73. The smallest absolute Gasteiger partial charge is 0.0472 e. The molecule has 0 bridgehead atoms. The SMILES string of the molecule is CCC1CCCN(C(CNC(C)C)c2ccccc2)CC1. The molecule has 2 unspecified atom stereocenters. The van der Waals surface area contributed by atoms with Crippen molar-refractivity contribution in [3.05, 3.63) is 35.9 Å². The summed E-state index contributed by atoms with van der Waals surface area (Å²) in [6.07, 6.45) is 5.46. The molecule has 1 aromatic rings. The molecular weight excluding hydrogens is 256 g/mol. The topological polar surface area (TPSA) is 15.3 Å². The molecule has 1 aliphatic rings. The van der Waals surface area contributed by atoms with E-state index < -0.39 is 0 Å². The van der Waals surface area contributed by atoms with Gasteiger partial charge in [-0.1, -0.05) is 57.5 Å². The Morgan fingerprint density at radius 3 is 2.57 bits per heavy atom. The van der Waals surface area contributed by atoms with E-state index in [4.69, 9.17) is 0 Å². The summed E-state index contributed by atoms with van der Waals surface area (Å²) in [7, 11) is 0. The molecule has 0 aromatic heterocycles. The predicted molar refractivity (Wildman–Crippen MR) is 91.5 cm³/mol. The number of hydrogen-bond acceptors (Lipinski definition) is 2. The molecule has 118 valence electrons. The first-order chi connectivity index (χ1) is 10.2. The summed E-state index contributed by atoms with van der Waals surface area (Å²) < 4.78 is 0. The molecule has 1 N–H and O–H groups in total. The summed E-state index contributed by atoms with van der Waals surface area (Å²) in [6.45, 7) is 10.4. The van der Waals surface area contributed by atoms with Gasteiger partial charge in [-0.25, -0.2) is 0 Å². The molecule has 1 aromatic carbocycles. The molecule has 1 heterocycles. The molecule has 0 amide bonds. The Morgan fingerprint density at radius 2 is 1.90 bits per heavy atom. The Labute approximate surface area is 130 Å². The van der Waals surface area contributed by atoms with E-state index in [1.54, 1.807) is 0 Å². The van der Waals surface area contributed by atoms with Gasteiger partial charge >= 0.3 is 0 Å². The maximum absolute atomic E-state index is 3.65. The lowest BCUT2D eigenvalue weighted by molar-refractivity contribution is 0.194. The Balaban J connectivity index is 2.07. The van der Waals surface area contributed by atoms with Gasteiger partial charge < -0.3 is 5.32 Å². The van der Waals surface area contributed by atoms with Gasteiger partial charge in [-0.2, -0.15) is 0 Å². The van der Waals surface area contributed by atoms with Crippen molar-refractivity contribution >= 4 is 0 Å². The lowest BCUT2D eigenvalue weighted by Gasteiger charge is -2.32. The normalized spacial score (nSPS) is 22.2. The summed E-state index contributed by atoms with van der Waals surface area (Å²) >= 11 is 0. The van der Waals surface area contributed by atoms with Crippen LogP contribution in [0.2, 0.25) is 0 Å². The van der Waals surface area contributed by atoms with Crippen LogP contribution in [0.15, 0.2) is 30.3 Å². The van der Waals surface area contributed by atoms with Crippen molar-refractivity contribution in [2.75, 3.05) is 19.6 Å². The van der Waals surface area contributed by atoms with Gasteiger partial charge in [0.05, 0.1) is 0 Å². The molecule has 1 fully saturated rings. The third-order valence-corrected chi connectivity index (χ3v) is 4.80. The summed E-state index contributed by atoms with van der Waals surface area (Å²) in [6, 6.07) is 12.1. The first-order valence-corrected chi connectivity index (χ1v) is 8.73. The molecule has 2 rings (SSSR count). The molecule has 2 atom stereocenters. The van der Waals surface area contributed by atoms with Crippen molar-refractivity contribution in [3.63, 3.8) is 0 Å². The minimum Gasteiger partial charge on any atom is -0.313 e. The second kappa shape index (κ2) is 8.55. The Hall–Kier alpha value is -0.860. The second-order valence-electron chi connectivity index (χ2n) is 6.73. The Bertz CT molecular complexity index is 388. The number of benzene rings is 1. The van der Waals surface area contributed by atoms with Crippen molar-refractivity contribution in [1.29, 1.82) is 0 Å². The number of nitrogens with one attached hydrogen (secondary N) is 1. The van der Waals surface area contributed by atoms with Gasteiger partial charge in [-0.15, -0.1) is 0 Å². The Morgan fingerprint density at radius 1 is 1.14 bits per heavy atom. The molecule has 2 heteroatoms. The fourth-order valence-electron chi connectivity index (χ4n) is 3.39. The third kappa shape index (κ3) is 5.12. The molecule has 0 saturated carbocycles. The number of likely N-dealkylation sites (tertiary alicyclic amines) is 1. The van der Waals surface area contributed by atoms with Gasteiger partial charge in [0, 0.05) is 18.6 Å². The molecular formula is C19H32N2. The van der Waals surface area contributed by atoms with E-state index in [1.165, 1.54) is 44.3 Å². The van der Waals surface area contributed by atoms with Gasteiger partial charge in [-0.05, 0) is 43.8 Å². The zero-order valence-electron chi connectivity index (χ0n) is 14.0. The minimum absolute atomic E-state index is 0.518. The fraction of sp³-hybridized carbons (Fsp3) is 0.684. The van der Waals surface area contributed by atoms with Crippen LogP contribution < -0.4 is 5.32 Å². The van der Waals surface area contributed by atoms with Crippen molar-refractivity contribution in [2.45, 2.75) is 58.5 Å².